The minimum atomic E-state index is -0.553. The first kappa shape index (κ1) is 12.8. The van der Waals surface area contributed by atoms with Crippen molar-refractivity contribution in [2.45, 2.75) is 19.4 Å². The van der Waals surface area contributed by atoms with Crippen molar-refractivity contribution in [2.24, 2.45) is 0 Å². The maximum atomic E-state index is 12.4. The molecule has 102 valence electrons. The van der Waals surface area contributed by atoms with Crippen molar-refractivity contribution in [3.63, 3.8) is 0 Å². The number of carbonyl (C=O) groups is 1. The summed E-state index contributed by atoms with van der Waals surface area (Å²) >= 11 is 0. The molecule has 4 heteroatoms. The molecule has 0 spiro atoms. The lowest BCUT2D eigenvalue weighted by Gasteiger charge is -2.25. The Kier molecular flexibility index (Phi) is 3.48. The molecule has 0 radical (unpaired) electrons. The summed E-state index contributed by atoms with van der Waals surface area (Å²) in [6, 6.07) is 11.6. The van der Waals surface area contributed by atoms with E-state index in [1.807, 2.05) is 43.3 Å². The minimum absolute atomic E-state index is 0.171. The average Bonchev–Trinajstić information content (AvgIpc) is 2.46. The number of hydrogen-bond donors (Lipinski definition) is 1. The predicted molar refractivity (Wildman–Crippen MR) is 76.4 cm³/mol. The Bertz CT molecular complexity index is 640. The molecule has 4 nitrogen and oxygen atoms in total. The van der Waals surface area contributed by atoms with E-state index in [0.717, 1.165) is 17.5 Å². The van der Waals surface area contributed by atoms with Crippen LogP contribution in [-0.2, 0) is 16.0 Å². The van der Waals surface area contributed by atoms with Gasteiger partial charge in [0, 0.05) is 6.20 Å². The Morgan fingerprint density at radius 1 is 1.35 bits per heavy atom. The molecule has 1 aromatic heterocycles. The molecule has 0 saturated heterocycles. The Morgan fingerprint density at radius 3 is 3.05 bits per heavy atom. The average molecular weight is 268 g/mol. The van der Waals surface area contributed by atoms with Crippen molar-refractivity contribution < 1.29 is 9.53 Å². The third-order valence-corrected chi connectivity index (χ3v) is 3.40. The zero-order valence-electron chi connectivity index (χ0n) is 11.3. The van der Waals surface area contributed by atoms with Crippen molar-refractivity contribution in [1.82, 2.24) is 4.98 Å². The van der Waals surface area contributed by atoms with Crippen molar-refractivity contribution in [1.29, 1.82) is 0 Å². The molecule has 1 aliphatic rings. The van der Waals surface area contributed by atoms with E-state index in [1.54, 1.807) is 6.20 Å². The van der Waals surface area contributed by atoms with Gasteiger partial charge in [0.25, 0.3) is 5.91 Å². The van der Waals surface area contributed by atoms with Crippen LogP contribution in [0.4, 0.5) is 5.82 Å². The van der Waals surface area contributed by atoms with Crippen LogP contribution in [0.1, 0.15) is 22.8 Å². The van der Waals surface area contributed by atoms with Gasteiger partial charge in [-0.05, 0) is 42.2 Å². The van der Waals surface area contributed by atoms with Crippen LogP contribution in [-0.4, -0.2) is 17.5 Å². The van der Waals surface area contributed by atoms with E-state index in [2.05, 4.69) is 10.3 Å². The summed E-state index contributed by atoms with van der Waals surface area (Å²) < 4.78 is 5.63. The third-order valence-electron chi connectivity index (χ3n) is 3.40. The molecule has 3 rings (SSSR count). The monoisotopic (exact) mass is 268 g/mol. The Balaban J connectivity index is 1.82. The zero-order chi connectivity index (χ0) is 13.9. The number of hydrogen-bond acceptors (Lipinski definition) is 3. The SMILES string of the molecule is Cc1ccnc(NC(=O)C2OCCc3ccccc32)c1. The first-order valence-corrected chi connectivity index (χ1v) is 6.67. The van der Waals surface area contributed by atoms with Crippen LogP contribution in [0, 0.1) is 6.92 Å². The van der Waals surface area contributed by atoms with Gasteiger partial charge in [-0.3, -0.25) is 4.79 Å². The number of benzene rings is 1. The number of aromatic nitrogens is 1. The lowest BCUT2D eigenvalue weighted by atomic mass is 9.97. The highest BCUT2D eigenvalue weighted by Crippen LogP contribution is 2.27. The van der Waals surface area contributed by atoms with Gasteiger partial charge in [-0.2, -0.15) is 0 Å². The second kappa shape index (κ2) is 5.43. The zero-order valence-corrected chi connectivity index (χ0v) is 11.3. The van der Waals surface area contributed by atoms with Gasteiger partial charge < -0.3 is 10.1 Å². The van der Waals surface area contributed by atoms with Crippen LogP contribution in [0.15, 0.2) is 42.6 Å². The van der Waals surface area contributed by atoms with Gasteiger partial charge in [-0.15, -0.1) is 0 Å². The molecule has 1 atom stereocenters. The highest BCUT2D eigenvalue weighted by molar-refractivity contribution is 5.94. The second-order valence-corrected chi connectivity index (χ2v) is 4.91. The highest BCUT2D eigenvalue weighted by atomic mass is 16.5. The molecule has 0 fully saturated rings. The fourth-order valence-electron chi connectivity index (χ4n) is 2.41. The Labute approximate surface area is 117 Å². The molecule has 0 saturated carbocycles. The lowest BCUT2D eigenvalue weighted by Crippen LogP contribution is -2.28. The number of pyridine rings is 1. The van der Waals surface area contributed by atoms with Crippen LogP contribution < -0.4 is 5.32 Å². The van der Waals surface area contributed by atoms with E-state index in [0.29, 0.717) is 12.4 Å². The van der Waals surface area contributed by atoms with E-state index in [9.17, 15) is 4.79 Å². The third kappa shape index (κ3) is 2.56. The standard InChI is InChI=1S/C16H16N2O2/c1-11-6-8-17-14(10-11)18-16(19)15-13-5-3-2-4-12(13)7-9-20-15/h2-6,8,10,15H,7,9H2,1H3,(H,17,18,19). The van der Waals surface area contributed by atoms with E-state index in [-0.39, 0.29) is 5.91 Å². The van der Waals surface area contributed by atoms with E-state index in [1.165, 1.54) is 5.56 Å². The number of rotatable bonds is 2. The topological polar surface area (TPSA) is 51.2 Å². The largest absolute Gasteiger partial charge is 0.363 e. The number of aryl methyl sites for hydroxylation is 1. The van der Waals surface area contributed by atoms with Crippen molar-refractivity contribution in [2.75, 3.05) is 11.9 Å². The molecular formula is C16H16N2O2. The summed E-state index contributed by atoms with van der Waals surface area (Å²) in [5.74, 6) is 0.386. The Hall–Kier alpha value is -2.20. The fraction of sp³-hybridized carbons (Fsp3) is 0.250. The number of nitrogens with one attached hydrogen (secondary N) is 1. The van der Waals surface area contributed by atoms with Crippen molar-refractivity contribution in [3.8, 4) is 0 Å². The van der Waals surface area contributed by atoms with Crippen LogP contribution in [0.2, 0.25) is 0 Å². The van der Waals surface area contributed by atoms with Crippen LogP contribution in [0.5, 0.6) is 0 Å². The number of anilines is 1. The molecule has 1 aromatic carbocycles. The van der Waals surface area contributed by atoms with Crippen LogP contribution in [0.3, 0.4) is 0 Å². The van der Waals surface area contributed by atoms with Gasteiger partial charge in [-0.1, -0.05) is 24.3 Å². The number of fused-ring (bicyclic) bond motifs is 1. The number of nitrogens with zero attached hydrogens (tertiary/aromatic N) is 1. The number of carbonyl (C=O) groups excluding carboxylic acids is 1. The fourth-order valence-corrected chi connectivity index (χ4v) is 2.41. The molecule has 1 unspecified atom stereocenters. The summed E-state index contributed by atoms with van der Waals surface area (Å²) in [7, 11) is 0. The Morgan fingerprint density at radius 2 is 2.20 bits per heavy atom. The molecule has 0 bridgehead atoms. The summed E-state index contributed by atoms with van der Waals surface area (Å²) in [6.07, 6.45) is 1.98. The summed E-state index contributed by atoms with van der Waals surface area (Å²) in [4.78, 5) is 16.5. The molecule has 1 aliphatic heterocycles. The predicted octanol–water partition coefficient (Wildman–Crippen LogP) is 2.64. The molecule has 2 aromatic rings. The van der Waals surface area contributed by atoms with Gasteiger partial charge in [0.05, 0.1) is 6.61 Å². The second-order valence-electron chi connectivity index (χ2n) is 4.91. The maximum Gasteiger partial charge on any atom is 0.259 e. The van der Waals surface area contributed by atoms with Gasteiger partial charge in [-0.25, -0.2) is 4.98 Å². The molecule has 0 aliphatic carbocycles. The smallest absolute Gasteiger partial charge is 0.259 e. The first-order chi connectivity index (χ1) is 9.74. The van der Waals surface area contributed by atoms with E-state index < -0.39 is 6.10 Å². The van der Waals surface area contributed by atoms with Crippen LogP contribution in [0.25, 0.3) is 0 Å². The lowest BCUT2D eigenvalue weighted by molar-refractivity contribution is -0.128. The molecule has 1 amide bonds. The quantitative estimate of drug-likeness (QED) is 0.911. The van der Waals surface area contributed by atoms with E-state index >= 15 is 0 Å². The van der Waals surface area contributed by atoms with Crippen molar-refractivity contribution in [3.05, 3.63) is 59.3 Å². The number of ether oxygens (including phenoxy) is 1. The van der Waals surface area contributed by atoms with Gasteiger partial charge >= 0.3 is 0 Å². The molecular weight excluding hydrogens is 252 g/mol. The normalized spacial score (nSPS) is 17.4. The summed E-state index contributed by atoms with van der Waals surface area (Å²) in [5.41, 5.74) is 3.18. The summed E-state index contributed by atoms with van der Waals surface area (Å²) in [5, 5.41) is 2.82. The maximum absolute atomic E-state index is 12.4. The van der Waals surface area contributed by atoms with Gasteiger partial charge in [0.1, 0.15) is 5.82 Å². The molecule has 2 heterocycles. The minimum Gasteiger partial charge on any atom is -0.363 e. The number of amides is 1. The van der Waals surface area contributed by atoms with Crippen LogP contribution >= 0.6 is 0 Å². The molecule has 1 N–H and O–H groups in total. The first-order valence-electron chi connectivity index (χ1n) is 6.67. The van der Waals surface area contributed by atoms with Gasteiger partial charge in [0.2, 0.25) is 0 Å². The van der Waals surface area contributed by atoms with E-state index in [4.69, 9.17) is 4.74 Å². The molecule has 20 heavy (non-hydrogen) atoms. The summed E-state index contributed by atoms with van der Waals surface area (Å²) in [6.45, 7) is 2.53. The highest BCUT2D eigenvalue weighted by Gasteiger charge is 2.27. The van der Waals surface area contributed by atoms with Gasteiger partial charge in [0.15, 0.2) is 6.10 Å². The van der Waals surface area contributed by atoms with Crippen molar-refractivity contribution >= 4 is 11.7 Å².